The first-order valence-corrected chi connectivity index (χ1v) is 8.93. The lowest BCUT2D eigenvalue weighted by Gasteiger charge is -2.42. The van der Waals surface area contributed by atoms with Gasteiger partial charge in [-0.15, -0.1) is 0 Å². The van der Waals surface area contributed by atoms with Gasteiger partial charge in [-0.25, -0.2) is 13.8 Å². The molecule has 0 spiro atoms. The smallest absolute Gasteiger partial charge is 0.416 e. The molecule has 0 saturated heterocycles. The van der Waals surface area contributed by atoms with Crippen LogP contribution in [-0.2, 0) is 17.5 Å². The molecule has 0 bridgehead atoms. The third-order valence-corrected chi connectivity index (χ3v) is 4.98. The van der Waals surface area contributed by atoms with Crippen LogP contribution < -0.4 is 10.3 Å². The lowest BCUT2D eigenvalue weighted by Crippen LogP contribution is -2.51. The highest BCUT2D eigenvalue weighted by atomic mass is 19.4. The molecule has 1 aromatic carbocycles. The fourth-order valence-electron chi connectivity index (χ4n) is 3.45. The molecule has 11 heteroatoms. The number of aliphatic hydroxyl groups is 1. The molecular weight excluding hydrogens is 415 g/mol. The van der Waals surface area contributed by atoms with Crippen molar-refractivity contribution < 1.29 is 36.5 Å². The predicted octanol–water partition coefficient (Wildman–Crippen LogP) is 3.32. The summed E-state index contributed by atoms with van der Waals surface area (Å²) < 4.78 is 75.8. The molecule has 3 rings (SSSR count). The van der Waals surface area contributed by atoms with Crippen LogP contribution in [0.5, 0.6) is 5.75 Å². The standard InChI is InChI=1S/C19H19F5N2O4/c1-29-10-30-15-4-12(19(22,23)24)2-3-13(15)14-7-25-9-26(16(14)27)8-11-5-18(28,6-11)17(20)21/h2-4,7,9,11,17,28H,5-6,8,10H2,1H3. The molecule has 1 fully saturated rings. The van der Waals surface area contributed by atoms with E-state index in [4.69, 9.17) is 9.47 Å². The Kier molecular flexibility index (Phi) is 6.14. The summed E-state index contributed by atoms with van der Waals surface area (Å²) in [6.45, 7) is -0.291. The molecule has 1 N–H and O–H groups in total. The second kappa shape index (κ2) is 8.31. The van der Waals surface area contributed by atoms with Crippen LogP contribution in [0.1, 0.15) is 18.4 Å². The van der Waals surface area contributed by atoms with Crippen LogP contribution in [0.15, 0.2) is 35.5 Å². The highest BCUT2D eigenvalue weighted by Gasteiger charge is 2.49. The van der Waals surface area contributed by atoms with Crippen LogP contribution in [0.25, 0.3) is 11.1 Å². The molecule has 1 aromatic heterocycles. The first kappa shape index (κ1) is 22.2. The Labute approximate surface area is 167 Å². The number of nitrogens with zero attached hydrogens (tertiary/aromatic N) is 2. The highest BCUT2D eigenvalue weighted by Crippen LogP contribution is 2.42. The summed E-state index contributed by atoms with van der Waals surface area (Å²) in [7, 11) is 1.30. The summed E-state index contributed by atoms with van der Waals surface area (Å²) in [6, 6.07) is 2.69. The van der Waals surface area contributed by atoms with E-state index in [9.17, 15) is 31.9 Å². The van der Waals surface area contributed by atoms with Crippen molar-refractivity contribution >= 4 is 0 Å². The maximum Gasteiger partial charge on any atom is 0.416 e. The maximum absolute atomic E-state index is 13.0. The molecule has 1 heterocycles. The Bertz CT molecular complexity index is 955. The molecule has 164 valence electrons. The zero-order chi connectivity index (χ0) is 22.1. The Morgan fingerprint density at radius 3 is 2.60 bits per heavy atom. The van der Waals surface area contributed by atoms with Crippen molar-refractivity contribution in [1.82, 2.24) is 9.55 Å². The topological polar surface area (TPSA) is 73.6 Å². The minimum Gasteiger partial charge on any atom is -0.467 e. The molecule has 0 unspecified atom stereocenters. The van der Waals surface area contributed by atoms with E-state index in [0.717, 1.165) is 18.2 Å². The third-order valence-electron chi connectivity index (χ3n) is 4.98. The van der Waals surface area contributed by atoms with Gasteiger partial charge in [0.1, 0.15) is 11.4 Å². The number of hydrogen-bond acceptors (Lipinski definition) is 5. The van der Waals surface area contributed by atoms with Gasteiger partial charge in [-0.05, 0) is 37.0 Å². The summed E-state index contributed by atoms with van der Waals surface area (Å²) in [4.78, 5) is 16.8. The number of alkyl halides is 5. The van der Waals surface area contributed by atoms with Crippen LogP contribution >= 0.6 is 0 Å². The van der Waals surface area contributed by atoms with Gasteiger partial charge in [0, 0.05) is 25.4 Å². The Morgan fingerprint density at radius 1 is 1.30 bits per heavy atom. The van der Waals surface area contributed by atoms with Crippen molar-refractivity contribution in [3.63, 3.8) is 0 Å². The van der Waals surface area contributed by atoms with Gasteiger partial charge in [-0.2, -0.15) is 13.2 Å². The van der Waals surface area contributed by atoms with Crippen LogP contribution in [0.4, 0.5) is 22.0 Å². The molecule has 2 aromatic rings. The highest BCUT2D eigenvalue weighted by molar-refractivity contribution is 5.69. The molecule has 30 heavy (non-hydrogen) atoms. The van der Waals surface area contributed by atoms with Gasteiger partial charge in [-0.1, -0.05) is 0 Å². The monoisotopic (exact) mass is 434 g/mol. The van der Waals surface area contributed by atoms with E-state index < -0.39 is 29.3 Å². The fraction of sp³-hybridized carbons (Fsp3) is 0.474. The van der Waals surface area contributed by atoms with Gasteiger partial charge < -0.3 is 14.6 Å². The Morgan fingerprint density at radius 2 is 2.00 bits per heavy atom. The zero-order valence-corrected chi connectivity index (χ0v) is 15.8. The van der Waals surface area contributed by atoms with Crippen molar-refractivity contribution in [3.8, 4) is 16.9 Å². The Hall–Kier alpha value is -2.53. The zero-order valence-electron chi connectivity index (χ0n) is 15.8. The lowest BCUT2D eigenvalue weighted by molar-refractivity contribution is -0.170. The predicted molar refractivity (Wildman–Crippen MR) is 95.1 cm³/mol. The van der Waals surface area contributed by atoms with Crippen LogP contribution in [0.2, 0.25) is 0 Å². The fourth-order valence-corrected chi connectivity index (χ4v) is 3.45. The van der Waals surface area contributed by atoms with E-state index in [-0.39, 0.29) is 49.0 Å². The Balaban J connectivity index is 1.91. The third kappa shape index (κ3) is 4.46. The van der Waals surface area contributed by atoms with Crippen LogP contribution in [0.3, 0.4) is 0 Å². The summed E-state index contributed by atoms with van der Waals surface area (Å²) in [5.74, 6) is -0.561. The molecule has 1 aliphatic rings. The van der Waals surface area contributed by atoms with Gasteiger partial charge in [0.25, 0.3) is 12.0 Å². The summed E-state index contributed by atoms with van der Waals surface area (Å²) in [5, 5.41) is 9.67. The molecule has 0 atom stereocenters. The van der Waals surface area contributed by atoms with E-state index in [0.29, 0.717) is 0 Å². The van der Waals surface area contributed by atoms with Crippen molar-refractivity contribution in [2.45, 2.75) is 37.6 Å². The van der Waals surface area contributed by atoms with E-state index >= 15 is 0 Å². The van der Waals surface area contributed by atoms with Crippen molar-refractivity contribution in [2.75, 3.05) is 13.9 Å². The SMILES string of the molecule is COCOc1cc(C(F)(F)F)ccc1-c1cncn(CC2CC(O)(C(F)F)C2)c1=O. The molecule has 1 saturated carbocycles. The summed E-state index contributed by atoms with van der Waals surface area (Å²) in [5.41, 5.74) is -3.50. The maximum atomic E-state index is 13.0. The average Bonchev–Trinajstić information content (AvgIpc) is 2.65. The van der Waals surface area contributed by atoms with E-state index in [2.05, 4.69) is 4.98 Å². The number of hydrogen-bond donors (Lipinski definition) is 1. The van der Waals surface area contributed by atoms with Gasteiger partial charge in [0.2, 0.25) is 0 Å². The molecule has 0 radical (unpaired) electrons. The molecule has 6 nitrogen and oxygen atoms in total. The minimum absolute atomic E-state index is 0.0132. The number of benzene rings is 1. The van der Waals surface area contributed by atoms with E-state index in [1.54, 1.807) is 0 Å². The van der Waals surface area contributed by atoms with Crippen molar-refractivity contribution in [3.05, 3.63) is 46.6 Å². The number of aromatic nitrogens is 2. The molecule has 1 aliphatic carbocycles. The lowest BCUT2D eigenvalue weighted by atomic mass is 9.71. The second-order valence-corrected chi connectivity index (χ2v) is 7.20. The van der Waals surface area contributed by atoms with E-state index in [1.165, 1.54) is 24.2 Å². The largest absolute Gasteiger partial charge is 0.467 e. The first-order chi connectivity index (χ1) is 14.0. The number of rotatable bonds is 7. The van der Waals surface area contributed by atoms with Gasteiger partial charge >= 0.3 is 6.18 Å². The van der Waals surface area contributed by atoms with Gasteiger partial charge in [-0.3, -0.25) is 9.36 Å². The van der Waals surface area contributed by atoms with Crippen LogP contribution in [-0.4, -0.2) is 40.6 Å². The summed E-state index contributed by atoms with van der Waals surface area (Å²) in [6.07, 6.45) is -5.40. The number of ether oxygens (including phenoxy) is 2. The molecular formula is C19H19F5N2O4. The number of halogens is 5. The quantitative estimate of drug-likeness (QED) is 0.535. The number of methoxy groups -OCH3 is 1. The minimum atomic E-state index is -4.61. The van der Waals surface area contributed by atoms with Gasteiger partial charge in [0.05, 0.1) is 17.5 Å². The normalized spacial score (nSPS) is 21.5. The van der Waals surface area contributed by atoms with Crippen LogP contribution in [0, 0.1) is 5.92 Å². The second-order valence-electron chi connectivity index (χ2n) is 7.20. The van der Waals surface area contributed by atoms with E-state index in [1.807, 2.05) is 0 Å². The molecule has 0 amide bonds. The first-order valence-electron chi connectivity index (χ1n) is 8.93. The van der Waals surface area contributed by atoms with Crippen molar-refractivity contribution in [2.24, 2.45) is 5.92 Å². The average molecular weight is 434 g/mol. The molecule has 0 aliphatic heterocycles. The van der Waals surface area contributed by atoms with Crippen molar-refractivity contribution in [1.29, 1.82) is 0 Å². The summed E-state index contributed by atoms with van der Waals surface area (Å²) >= 11 is 0. The van der Waals surface area contributed by atoms with Gasteiger partial charge in [0.15, 0.2) is 6.79 Å².